The number of hydrogen-bond acceptors (Lipinski definition) is 4. The molecule has 2 aliphatic rings. The summed E-state index contributed by atoms with van der Waals surface area (Å²) in [4.78, 5) is 17.9. The van der Waals surface area contributed by atoms with Crippen molar-refractivity contribution in [3.05, 3.63) is 40.6 Å². The minimum atomic E-state index is -4.61. The smallest absolute Gasteiger partial charge is 0.393 e. The van der Waals surface area contributed by atoms with Crippen LogP contribution >= 0.6 is 23.2 Å². The second kappa shape index (κ2) is 9.54. The molecule has 0 radical (unpaired) electrons. The van der Waals surface area contributed by atoms with E-state index in [1.807, 2.05) is 0 Å². The van der Waals surface area contributed by atoms with Crippen molar-refractivity contribution in [2.45, 2.75) is 42.6 Å². The Hall–Kier alpha value is -1.88. The number of amides is 2. The molecule has 0 spiro atoms. The lowest BCUT2D eigenvalue weighted by molar-refractivity contribution is -0.137. The Morgan fingerprint density at radius 1 is 1.34 bits per heavy atom. The van der Waals surface area contributed by atoms with Gasteiger partial charge in [-0.05, 0) is 30.2 Å². The van der Waals surface area contributed by atoms with Crippen molar-refractivity contribution in [3.63, 3.8) is 0 Å². The summed E-state index contributed by atoms with van der Waals surface area (Å²) >= 11 is 11.9. The third-order valence-electron chi connectivity index (χ3n) is 5.51. The maximum atomic E-state index is 15.6. The SMILES string of the molecule is O=C(Nc1ccc(C(F)(F)F)c(Cl)c1)N1CCC(F)(C2=NC=C([C@H](O)CO)CC2Cl)CC1. The second-order valence-electron chi connectivity index (χ2n) is 7.66. The van der Waals surface area contributed by atoms with Gasteiger partial charge in [0.05, 0.1) is 34.4 Å². The first-order valence-electron chi connectivity index (χ1n) is 9.76. The van der Waals surface area contributed by atoms with Crippen molar-refractivity contribution in [1.29, 1.82) is 0 Å². The molecular formula is C20H21Cl2F4N3O3. The van der Waals surface area contributed by atoms with Gasteiger partial charge in [-0.15, -0.1) is 11.6 Å². The van der Waals surface area contributed by atoms with E-state index in [2.05, 4.69) is 10.3 Å². The fraction of sp³-hybridized carbons (Fsp3) is 0.500. The molecule has 32 heavy (non-hydrogen) atoms. The molecular weight excluding hydrogens is 477 g/mol. The van der Waals surface area contributed by atoms with Crippen LogP contribution in [0.15, 0.2) is 35.0 Å². The first-order chi connectivity index (χ1) is 14.9. The number of alkyl halides is 5. The Morgan fingerprint density at radius 2 is 2.00 bits per heavy atom. The van der Waals surface area contributed by atoms with Crippen LogP contribution < -0.4 is 5.32 Å². The molecule has 6 nitrogen and oxygen atoms in total. The number of rotatable bonds is 4. The molecule has 1 fully saturated rings. The Morgan fingerprint density at radius 3 is 2.53 bits per heavy atom. The van der Waals surface area contributed by atoms with Crippen molar-refractivity contribution in [1.82, 2.24) is 4.90 Å². The number of urea groups is 1. The second-order valence-corrected chi connectivity index (χ2v) is 8.60. The molecule has 1 saturated heterocycles. The molecule has 176 valence electrons. The van der Waals surface area contributed by atoms with Gasteiger partial charge < -0.3 is 20.4 Å². The highest BCUT2D eigenvalue weighted by atomic mass is 35.5. The number of halogens is 6. The largest absolute Gasteiger partial charge is 0.417 e. The summed E-state index contributed by atoms with van der Waals surface area (Å²) < 4.78 is 54.0. The number of nitrogens with one attached hydrogen (secondary N) is 1. The summed E-state index contributed by atoms with van der Waals surface area (Å²) in [6.07, 6.45) is -4.40. The maximum Gasteiger partial charge on any atom is 0.417 e. The zero-order valence-corrected chi connectivity index (χ0v) is 18.2. The molecule has 3 N–H and O–H groups in total. The summed E-state index contributed by atoms with van der Waals surface area (Å²) in [5.41, 5.74) is -2.24. The Kier molecular flexibility index (Phi) is 7.38. The summed E-state index contributed by atoms with van der Waals surface area (Å²) in [5.74, 6) is 0. The number of aliphatic hydroxyl groups is 2. The van der Waals surface area contributed by atoms with Gasteiger partial charge in [0.1, 0.15) is 0 Å². The summed E-state index contributed by atoms with van der Waals surface area (Å²) in [6.45, 7) is -0.417. The van der Waals surface area contributed by atoms with Crippen LogP contribution in [0, 0.1) is 0 Å². The van der Waals surface area contributed by atoms with Gasteiger partial charge in [0.15, 0.2) is 5.67 Å². The number of benzene rings is 1. The van der Waals surface area contributed by atoms with Crippen LogP contribution in [0.1, 0.15) is 24.8 Å². The van der Waals surface area contributed by atoms with Crippen molar-refractivity contribution < 1.29 is 32.6 Å². The van der Waals surface area contributed by atoms with Crippen molar-refractivity contribution in [2.75, 3.05) is 25.0 Å². The number of piperidine rings is 1. The van der Waals surface area contributed by atoms with Gasteiger partial charge in [0.25, 0.3) is 0 Å². The van der Waals surface area contributed by atoms with Gasteiger partial charge in [-0.25, -0.2) is 9.18 Å². The molecule has 1 aromatic carbocycles. The Balaban J connectivity index is 1.63. The summed E-state index contributed by atoms with van der Waals surface area (Å²) in [7, 11) is 0. The van der Waals surface area contributed by atoms with Crippen LogP contribution in [-0.2, 0) is 6.18 Å². The monoisotopic (exact) mass is 497 g/mol. The number of anilines is 1. The molecule has 2 heterocycles. The molecule has 0 bridgehead atoms. The van der Waals surface area contributed by atoms with E-state index in [4.69, 9.17) is 28.3 Å². The number of carbonyl (C=O) groups is 1. The van der Waals surface area contributed by atoms with Crippen molar-refractivity contribution >= 4 is 40.6 Å². The molecule has 0 aromatic heterocycles. The predicted octanol–water partition coefficient (Wildman–Crippen LogP) is 4.38. The molecule has 2 amide bonds. The standard InChI is InChI=1S/C20H21Cl2F4N3O3/c21-14-8-12(1-2-13(14)20(24,25)26)28-18(32)29-5-3-19(23,4-6-29)17-15(22)7-11(9-27-17)16(31)10-30/h1-2,8-9,15-16,30-31H,3-7,10H2,(H,28,32)/t15?,16-/m1/s1. The molecule has 2 aliphatic heterocycles. The van der Waals surface area contributed by atoms with Crippen LogP contribution in [0.5, 0.6) is 0 Å². The van der Waals surface area contributed by atoms with Crippen molar-refractivity contribution in [2.24, 2.45) is 4.99 Å². The van der Waals surface area contributed by atoms with Crippen molar-refractivity contribution in [3.8, 4) is 0 Å². The average molecular weight is 498 g/mol. The number of aliphatic hydroxyl groups excluding tert-OH is 2. The Bertz CT molecular complexity index is 931. The third kappa shape index (κ3) is 5.36. The number of nitrogens with zero attached hydrogens (tertiary/aromatic N) is 2. The van der Waals surface area contributed by atoms with Gasteiger partial charge in [0, 0.05) is 37.8 Å². The van der Waals surface area contributed by atoms with Crippen LogP contribution in [0.4, 0.5) is 28.0 Å². The van der Waals surface area contributed by atoms with Gasteiger partial charge in [-0.2, -0.15) is 13.2 Å². The number of hydrogen-bond donors (Lipinski definition) is 3. The first-order valence-corrected chi connectivity index (χ1v) is 10.6. The lowest BCUT2D eigenvalue weighted by atomic mass is 9.84. The van der Waals surface area contributed by atoms with Crippen LogP contribution in [0.2, 0.25) is 5.02 Å². The molecule has 1 unspecified atom stereocenters. The fourth-order valence-electron chi connectivity index (χ4n) is 3.67. The van der Waals surface area contributed by atoms with Crippen LogP contribution in [0.3, 0.4) is 0 Å². The van der Waals surface area contributed by atoms with E-state index < -0.39 is 46.6 Å². The molecule has 12 heteroatoms. The fourth-order valence-corrected chi connectivity index (χ4v) is 4.39. The highest BCUT2D eigenvalue weighted by Crippen LogP contribution is 2.37. The molecule has 2 atom stereocenters. The number of carbonyl (C=O) groups excluding carboxylic acids is 1. The van der Waals surface area contributed by atoms with Gasteiger partial charge >= 0.3 is 12.2 Å². The molecule has 3 rings (SSSR count). The highest BCUT2D eigenvalue weighted by Gasteiger charge is 2.44. The van der Waals surface area contributed by atoms with E-state index in [0.29, 0.717) is 5.57 Å². The minimum absolute atomic E-state index is 0.0369. The highest BCUT2D eigenvalue weighted by molar-refractivity contribution is 6.34. The quantitative estimate of drug-likeness (QED) is 0.426. The van der Waals surface area contributed by atoms with Crippen LogP contribution in [0.25, 0.3) is 0 Å². The zero-order chi connectivity index (χ0) is 23.7. The summed E-state index contributed by atoms with van der Waals surface area (Å²) in [5, 5.41) is 19.9. The molecule has 1 aromatic rings. The lowest BCUT2D eigenvalue weighted by Gasteiger charge is -2.39. The average Bonchev–Trinajstić information content (AvgIpc) is 2.72. The van der Waals surface area contributed by atoms with E-state index in [-0.39, 0.29) is 43.8 Å². The normalized spacial score (nSPS) is 22.1. The third-order valence-corrected chi connectivity index (χ3v) is 6.18. The van der Waals surface area contributed by atoms with E-state index in [1.54, 1.807) is 0 Å². The van der Waals surface area contributed by atoms with Gasteiger partial charge in [-0.1, -0.05) is 11.6 Å². The number of aliphatic imine (C=N–C) groups is 1. The number of likely N-dealkylation sites (tertiary alicyclic amines) is 1. The minimum Gasteiger partial charge on any atom is -0.393 e. The van der Waals surface area contributed by atoms with E-state index in [0.717, 1.165) is 18.2 Å². The molecule has 0 saturated carbocycles. The Labute approximate surface area is 191 Å². The topological polar surface area (TPSA) is 85.2 Å². The van der Waals surface area contributed by atoms with Gasteiger partial charge in [0.2, 0.25) is 0 Å². The zero-order valence-electron chi connectivity index (χ0n) is 16.7. The predicted molar refractivity (Wildman–Crippen MR) is 113 cm³/mol. The van der Waals surface area contributed by atoms with Gasteiger partial charge in [-0.3, -0.25) is 4.99 Å². The lowest BCUT2D eigenvalue weighted by Crippen LogP contribution is -2.51. The van der Waals surface area contributed by atoms with E-state index in [1.165, 1.54) is 11.1 Å². The summed E-state index contributed by atoms with van der Waals surface area (Å²) in [6, 6.07) is 2.28. The van der Waals surface area contributed by atoms with E-state index in [9.17, 15) is 23.1 Å². The first kappa shape index (κ1) is 24.8. The van der Waals surface area contributed by atoms with Crippen LogP contribution in [-0.4, -0.2) is 63.7 Å². The molecule has 0 aliphatic carbocycles. The maximum absolute atomic E-state index is 15.6. The van der Waals surface area contributed by atoms with E-state index >= 15 is 4.39 Å².